The van der Waals surface area contributed by atoms with Gasteiger partial charge in [0, 0.05) is 16.6 Å². The van der Waals surface area contributed by atoms with Gasteiger partial charge in [-0.25, -0.2) is 4.39 Å². The van der Waals surface area contributed by atoms with Gasteiger partial charge in [0.25, 0.3) is 0 Å². The van der Waals surface area contributed by atoms with Gasteiger partial charge in [0.05, 0.1) is 12.8 Å². The van der Waals surface area contributed by atoms with Crippen LogP contribution in [0.15, 0.2) is 34.8 Å². The summed E-state index contributed by atoms with van der Waals surface area (Å²) in [5.74, 6) is -0.0487. The zero-order chi connectivity index (χ0) is 14.7. The zero-order valence-electron chi connectivity index (χ0n) is 11.8. The SMILES string of the molecule is COc1cccc(CNc2c(C)cc(C)cc2Br)c1F. The number of hydrogen-bond acceptors (Lipinski definition) is 2. The van der Waals surface area contributed by atoms with E-state index in [4.69, 9.17) is 4.74 Å². The van der Waals surface area contributed by atoms with Gasteiger partial charge in [-0.05, 0) is 53.0 Å². The first-order chi connectivity index (χ1) is 9.52. The first-order valence-corrected chi connectivity index (χ1v) is 7.14. The lowest BCUT2D eigenvalue weighted by atomic mass is 10.1. The van der Waals surface area contributed by atoms with E-state index in [9.17, 15) is 4.39 Å². The Morgan fingerprint density at radius 2 is 2.00 bits per heavy atom. The largest absolute Gasteiger partial charge is 0.494 e. The van der Waals surface area contributed by atoms with Crippen molar-refractivity contribution >= 4 is 21.6 Å². The summed E-state index contributed by atoms with van der Waals surface area (Å²) >= 11 is 3.54. The number of halogens is 2. The number of methoxy groups -OCH3 is 1. The summed E-state index contributed by atoms with van der Waals surface area (Å²) < 4.78 is 20.0. The van der Waals surface area contributed by atoms with Gasteiger partial charge in [0.1, 0.15) is 0 Å². The molecular weight excluding hydrogens is 321 g/mol. The minimum Gasteiger partial charge on any atom is -0.494 e. The Labute approximate surface area is 127 Å². The highest BCUT2D eigenvalue weighted by Crippen LogP contribution is 2.29. The number of benzene rings is 2. The van der Waals surface area contributed by atoms with Crippen LogP contribution in [-0.4, -0.2) is 7.11 Å². The molecule has 0 aliphatic heterocycles. The fraction of sp³-hybridized carbons (Fsp3) is 0.250. The quantitative estimate of drug-likeness (QED) is 0.862. The van der Waals surface area contributed by atoms with Crippen molar-refractivity contribution in [3.63, 3.8) is 0 Å². The normalized spacial score (nSPS) is 10.4. The second-order valence-corrected chi connectivity index (χ2v) is 5.58. The van der Waals surface area contributed by atoms with Crippen molar-refractivity contribution in [3.05, 3.63) is 57.3 Å². The maximum atomic E-state index is 14.1. The highest BCUT2D eigenvalue weighted by atomic mass is 79.9. The molecule has 2 aromatic rings. The van der Waals surface area contributed by atoms with E-state index in [-0.39, 0.29) is 11.6 Å². The number of hydrogen-bond donors (Lipinski definition) is 1. The summed E-state index contributed by atoms with van der Waals surface area (Å²) in [6.45, 7) is 4.48. The van der Waals surface area contributed by atoms with E-state index >= 15 is 0 Å². The predicted molar refractivity (Wildman–Crippen MR) is 83.9 cm³/mol. The summed E-state index contributed by atoms with van der Waals surface area (Å²) in [6, 6.07) is 9.29. The molecule has 2 rings (SSSR count). The molecule has 4 heteroatoms. The average Bonchev–Trinajstić information content (AvgIpc) is 2.39. The van der Waals surface area contributed by atoms with Crippen molar-refractivity contribution in [1.29, 1.82) is 0 Å². The third-order valence-electron chi connectivity index (χ3n) is 3.15. The van der Waals surface area contributed by atoms with Gasteiger partial charge in [-0.1, -0.05) is 18.2 Å². The van der Waals surface area contributed by atoms with Crippen LogP contribution in [0.5, 0.6) is 5.75 Å². The number of anilines is 1. The van der Waals surface area contributed by atoms with Crippen LogP contribution in [0.3, 0.4) is 0 Å². The molecule has 0 aromatic heterocycles. The molecule has 0 bridgehead atoms. The second kappa shape index (κ2) is 6.27. The van der Waals surface area contributed by atoms with E-state index < -0.39 is 0 Å². The van der Waals surface area contributed by atoms with E-state index in [0.717, 1.165) is 15.7 Å². The van der Waals surface area contributed by atoms with Gasteiger partial charge in [0.15, 0.2) is 11.6 Å². The standard InChI is InChI=1S/C16H17BrFNO/c1-10-7-11(2)16(13(17)8-10)19-9-12-5-4-6-14(20-3)15(12)18/h4-8,19H,9H2,1-3H3. The van der Waals surface area contributed by atoms with Crippen molar-refractivity contribution in [3.8, 4) is 5.75 Å². The molecule has 0 fully saturated rings. The van der Waals surface area contributed by atoms with Gasteiger partial charge < -0.3 is 10.1 Å². The highest BCUT2D eigenvalue weighted by Gasteiger charge is 2.10. The van der Waals surface area contributed by atoms with Gasteiger partial charge in [-0.2, -0.15) is 0 Å². The molecule has 0 radical (unpaired) electrons. The summed E-state index contributed by atoms with van der Waals surface area (Å²) in [5.41, 5.74) is 3.88. The van der Waals surface area contributed by atoms with E-state index in [0.29, 0.717) is 12.1 Å². The lowest BCUT2D eigenvalue weighted by Gasteiger charge is -2.14. The molecule has 0 aliphatic rings. The molecule has 0 amide bonds. The Bertz CT molecular complexity index is 605. The lowest BCUT2D eigenvalue weighted by Crippen LogP contribution is -2.05. The number of ether oxygens (including phenoxy) is 1. The maximum absolute atomic E-state index is 14.1. The van der Waals surface area contributed by atoms with Gasteiger partial charge >= 0.3 is 0 Å². The van der Waals surface area contributed by atoms with Crippen LogP contribution < -0.4 is 10.1 Å². The summed E-state index contributed by atoms with van der Waals surface area (Å²) in [4.78, 5) is 0. The smallest absolute Gasteiger partial charge is 0.170 e. The van der Waals surface area contributed by atoms with Crippen LogP contribution in [-0.2, 0) is 6.54 Å². The molecule has 2 aromatic carbocycles. The first kappa shape index (κ1) is 14.9. The molecule has 0 spiro atoms. The van der Waals surface area contributed by atoms with E-state index in [1.165, 1.54) is 12.7 Å². The molecule has 106 valence electrons. The Balaban J connectivity index is 2.21. The Kier molecular flexibility index (Phi) is 4.65. The molecule has 0 heterocycles. The first-order valence-electron chi connectivity index (χ1n) is 6.35. The van der Waals surface area contributed by atoms with E-state index in [1.54, 1.807) is 18.2 Å². The van der Waals surface area contributed by atoms with Crippen molar-refractivity contribution in [2.24, 2.45) is 0 Å². The van der Waals surface area contributed by atoms with Crippen LogP contribution >= 0.6 is 15.9 Å². The molecule has 0 unspecified atom stereocenters. The van der Waals surface area contributed by atoms with Crippen LogP contribution in [0.1, 0.15) is 16.7 Å². The molecule has 0 atom stereocenters. The number of aryl methyl sites for hydroxylation is 2. The minimum absolute atomic E-state index is 0.268. The summed E-state index contributed by atoms with van der Waals surface area (Å²) in [6.07, 6.45) is 0. The Morgan fingerprint density at radius 3 is 2.65 bits per heavy atom. The van der Waals surface area contributed by atoms with Crippen molar-refractivity contribution in [2.45, 2.75) is 20.4 Å². The Hall–Kier alpha value is -1.55. The number of nitrogens with one attached hydrogen (secondary N) is 1. The van der Waals surface area contributed by atoms with E-state index in [2.05, 4.69) is 27.3 Å². The van der Waals surface area contributed by atoms with Crippen molar-refractivity contribution in [1.82, 2.24) is 0 Å². The summed E-state index contributed by atoms with van der Waals surface area (Å²) in [7, 11) is 1.47. The fourth-order valence-electron chi connectivity index (χ4n) is 2.17. The zero-order valence-corrected chi connectivity index (χ0v) is 13.3. The monoisotopic (exact) mass is 337 g/mol. The van der Waals surface area contributed by atoms with Crippen LogP contribution in [0.2, 0.25) is 0 Å². The van der Waals surface area contributed by atoms with Gasteiger partial charge in [-0.3, -0.25) is 0 Å². The van der Waals surface area contributed by atoms with Crippen molar-refractivity contribution < 1.29 is 9.13 Å². The molecule has 0 saturated carbocycles. The molecule has 0 saturated heterocycles. The molecule has 0 aliphatic carbocycles. The molecule has 1 N–H and O–H groups in total. The van der Waals surface area contributed by atoms with E-state index in [1.807, 2.05) is 19.9 Å². The van der Waals surface area contributed by atoms with Crippen LogP contribution in [0, 0.1) is 19.7 Å². The summed E-state index contributed by atoms with van der Waals surface area (Å²) in [5, 5.41) is 3.27. The van der Waals surface area contributed by atoms with Gasteiger partial charge in [0.2, 0.25) is 0 Å². The highest BCUT2D eigenvalue weighted by molar-refractivity contribution is 9.10. The molecular formula is C16H17BrFNO. The third kappa shape index (κ3) is 3.12. The average molecular weight is 338 g/mol. The van der Waals surface area contributed by atoms with Gasteiger partial charge in [-0.15, -0.1) is 0 Å². The maximum Gasteiger partial charge on any atom is 0.170 e. The number of rotatable bonds is 4. The van der Waals surface area contributed by atoms with Crippen LogP contribution in [0.4, 0.5) is 10.1 Å². The predicted octanol–water partition coefficient (Wildman–Crippen LogP) is 4.83. The molecule has 20 heavy (non-hydrogen) atoms. The minimum atomic E-state index is -0.316. The van der Waals surface area contributed by atoms with Crippen molar-refractivity contribution in [2.75, 3.05) is 12.4 Å². The third-order valence-corrected chi connectivity index (χ3v) is 3.78. The Morgan fingerprint density at radius 1 is 1.25 bits per heavy atom. The topological polar surface area (TPSA) is 21.3 Å². The van der Waals surface area contributed by atoms with Crippen LogP contribution in [0.25, 0.3) is 0 Å². The molecule has 2 nitrogen and oxygen atoms in total. The lowest BCUT2D eigenvalue weighted by molar-refractivity contribution is 0.384. The second-order valence-electron chi connectivity index (χ2n) is 4.73. The fourth-order valence-corrected chi connectivity index (χ4v) is 2.99.